The van der Waals surface area contributed by atoms with Crippen molar-refractivity contribution in [1.29, 1.82) is 0 Å². The summed E-state index contributed by atoms with van der Waals surface area (Å²) in [7, 11) is 0. The van der Waals surface area contributed by atoms with Gasteiger partial charge in [0.25, 0.3) is 5.91 Å². The van der Waals surface area contributed by atoms with Gasteiger partial charge in [-0.15, -0.1) is 0 Å². The van der Waals surface area contributed by atoms with Gasteiger partial charge >= 0.3 is 0 Å². The van der Waals surface area contributed by atoms with Crippen molar-refractivity contribution in [3.63, 3.8) is 0 Å². The number of hydrogen-bond donors (Lipinski definition) is 1. The zero-order valence-corrected chi connectivity index (χ0v) is 17.5. The first-order valence-corrected chi connectivity index (χ1v) is 10.6. The van der Waals surface area contributed by atoms with E-state index in [1.54, 1.807) is 23.3 Å². The number of nitrogens with zero attached hydrogens (tertiary/aromatic N) is 4. The van der Waals surface area contributed by atoms with Crippen LogP contribution in [0.15, 0.2) is 85.3 Å². The molecule has 1 fully saturated rings. The van der Waals surface area contributed by atoms with Crippen LogP contribution in [0, 0.1) is 0 Å². The lowest BCUT2D eigenvalue weighted by Gasteiger charge is -2.28. The lowest BCUT2D eigenvalue weighted by Crippen LogP contribution is -2.36. The van der Waals surface area contributed by atoms with Crippen LogP contribution in [0.2, 0.25) is 0 Å². The summed E-state index contributed by atoms with van der Waals surface area (Å²) in [6.45, 7) is 3.22. The molecule has 7 nitrogen and oxygen atoms in total. The fraction of sp³-hybridized carbons (Fsp3) is 0.160. The van der Waals surface area contributed by atoms with Crippen LogP contribution < -0.4 is 10.2 Å². The predicted molar refractivity (Wildman–Crippen MR) is 124 cm³/mol. The highest BCUT2D eigenvalue weighted by Crippen LogP contribution is 2.25. The van der Waals surface area contributed by atoms with E-state index < -0.39 is 0 Å². The first-order chi connectivity index (χ1) is 15.8. The third kappa shape index (κ3) is 4.24. The summed E-state index contributed by atoms with van der Waals surface area (Å²) >= 11 is 0. The van der Waals surface area contributed by atoms with Gasteiger partial charge < -0.3 is 15.0 Å². The summed E-state index contributed by atoms with van der Waals surface area (Å²) in [5.74, 6) is -0.217. The van der Waals surface area contributed by atoms with Crippen molar-refractivity contribution in [3.05, 3.63) is 90.9 Å². The second kappa shape index (κ2) is 9.03. The maximum Gasteiger partial charge on any atom is 0.259 e. The van der Waals surface area contributed by atoms with Gasteiger partial charge in [-0.2, -0.15) is 5.10 Å². The Hall–Kier alpha value is -3.97. The van der Waals surface area contributed by atoms with Crippen molar-refractivity contribution in [2.24, 2.45) is 0 Å². The Balaban J connectivity index is 1.42. The molecule has 3 heterocycles. The number of para-hydroxylation sites is 1. The predicted octanol–water partition coefficient (Wildman–Crippen LogP) is 4.02. The van der Waals surface area contributed by atoms with Gasteiger partial charge in [0, 0.05) is 48.6 Å². The molecule has 0 spiro atoms. The third-order valence-electron chi connectivity index (χ3n) is 5.42. The van der Waals surface area contributed by atoms with Crippen molar-refractivity contribution < 1.29 is 9.53 Å². The fourth-order valence-corrected chi connectivity index (χ4v) is 3.74. The van der Waals surface area contributed by atoms with Crippen LogP contribution in [0.1, 0.15) is 10.4 Å². The molecular formula is C25H23N5O2. The molecular weight excluding hydrogens is 402 g/mol. The zero-order valence-electron chi connectivity index (χ0n) is 17.5. The number of amides is 1. The largest absolute Gasteiger partial charge is 0.378 e. The van der Waals surface area contributed by atoms with Gasteiger partial charge in [0.05, 0.1) is 24.5 Å². The van der Waals surface area contributed by atoms with Crippen LogP contribution in [0.25, 0.3) is 16.9 Å². The van der Waals surface area contributed by atoms with Crippen LogP contribution >= 0.6 is 0 Å². The first-order valence-electron chi connectivity index (χ1n) is 10.6. The van der Waals surface area contributed by atoms with E-state index in [0.29, 0.717) is 11.3 Å². The van der Waals surface area contributed by atoms with Gasteiger partial charge in [-0.3, -0.25) is 9.78 Å². The molecule has 0 saturated carbocycles. The Morgan fingerprint density at radius 3 is 2.41 bits per heavy atom. The molecule has 1 N–H and O–H groups in total. The maximum atomic E-state index is 13.2. The average Bonchev–Trinajstić information content (AvgIpc) is 3.32. The molecule has 2 aromatic heterocycles. The van der Waals surface area contributed by atoms with E-state index in [2.05, 4.69) is 20.3 Å². The summed E-state index contributed by atoms with van der Waals surface area (Å²) in [5.41, 5.74) is 4.60. The topological polar surface area (TPSA) is 72.3 Å². The summed E-state index contributed by atoms with van der Waals surface area (Å²) in [6.07, 6.45) is 5.17. The monoisotopic (exact) mass is 425 g/mol. The molecule has 0 aliphatic carbocycles. The molecule has 1 aliphatic rings. The highest BCUT2D eigenvalue weighted by atomic mass is 16.5. The number of benzene rings is 2. The molecule has 4 aromatic rings. The van der Waals surface area contributed by atoms with Gasteiger partial charge in [-0.05, 0) is 48.5 Å². The molecule has 160 valence electrons. The van der Waals surface area contributed by atoms with Crippen molar-refractivity contribution in [1.82, 2.24) is 14.8 Å². The number of carbonyl (C=O) groups excluding carboxylic acids is 1. The van der Waals surface area contributed by atoms with E-state index in [1.807, 2.05) is 66.7 Å². The second-order valence-corrected chi connectivity index (χ2v) is 7.51. The van der Waals surface area contributed by atoms with Crippen LogP contribution in [-0.4, -0.2) is 47.0 Å². The molecule has 1 aliphatic heterocycles. The van der Waals surface area contributed by atoms with Crippen molar-refractivity contribution in [2.75, 3.05) is 36.5 Å². The molecule has 0 unspecified atom stereocenters. The summed E-state index contributed by atoms with van der Waals surface area (Å²) in [4.78, 5) is 19.7. The molecule has 7 heteroatoms. The molecule has 0 radical (unpaired) electrons. The Morgan fingerprint density at radius 1 is 0.906 bits per heavy atom. The number of aromatic nitrogens is 3. The third-order valence-corrected chi connectivity index (χ3v) is 5.42. The fourth-order valence-electron chi connectivity index (χ4n) is 3.74. The lowest BCUT2D eigenvalue weighted by molar-refractivity contribution is 0.102. The Morgan fingerprint density at radius 2 is 1.69 bits per heavy atom. The standard InChI is InChI=1S/C25H23N5O2/c31-25(27-20-8-10-21(11-9-20)29-13-15-32-16-14-29)23-18-30(22-6-2-1-3-7-22)28-24(23)19-5-4-12-26-17-19/h1-12,17-18H,13-16H2,(H,27,31). The normalized spacial score (nSPS) is 13.7. The molecule has 1 amide bonds. The van der Waals surface area contributed by atoms with Crippen molar-refractivity contribution >= 4 is 17.3 Å². The molecule has 2 aromatic carbocycles. The quantitative estimate of drug-likeness (QED) is 0.523. The molecule has 32 heavy (non-hydrogen) atoms. The molecule has 0 bridgehead atoms. The Bertz CT molecular complexity index is 1180. The number of ether oxygens (including phenoxy) is 1. The lowest BCUT2D eigenvalue weighted by atomic mass is 10.1. The minimum Gasteiger partial charge on any atom is -0.378 e. The van der Waals surface area contributed by atoms with Gasteiger partial charge in [0.15, 0.2) is 0 Å². The Labute approximate surface area is 186 Å². The average molecular weight is 425 g/mol. The van der Waals surface area contributed by atoms with Gasteiger partial charge in [-0.1, -0.05) is 18.2 Å². The van der Waals surface area contributed by atoms with Gasteiger partial charge in [-0.25, -0.2) is 4.68 Å². The van der Waals surface area contributed by atoms with Crippen LogP contribution in [0.3, 0.4) is 0 Å². The Kier molecular flexibility index (Phi) is 5.63. The van der Waals surface area contributed by atoms with E-state index in [0.717, 1.165) is 48.9 Å². The van der Waals surface area contributed by atoms with Gasteiger partial charge in [0.1, 0.15) is 5.69 Å². The summed E-state index contributed by atoms with van der Waals surface area (Å²) in [6, 6.07) is 21.4. The highest BCUT2D eigenvalue weighted by molar-refractivity contribution is 6.08. The van der Waals surface area contributed by atoms with E-state index in [1.165, 1.54) is 0 Å². The van der Waals surface area contributed by atoms with E-state index in [9.17, 15) is 4.79 Å². The second-order valence-electron chi connectivity index (χ2n) is 7.51. The molecule has 5 rings (SSSR count). The summed E-state index contributed by atoms with van der Waals surface area (Å²) in [5, 5.41) is 7.69. The molecule has 0 atom stereocenters. The summed E-state index contributed by atoms with van der Waals surface area (Å²) < 4.78 is 7.14. The van der Waals surface area contributed by atoms with E-state index in [-0.39, 0.29) is 5.91 Å². The highest BCUT2D eigenvalue weighted by Gasteiger charge is 2.19. The number of rotatable bonds is 5. The smallest absolute Gasteiger partial charge is 0.259 e. The number of anilines is 2. The van der Waals surface area contributed by atoms with E-state index >= 15 is 0 Å². The van der Waals surface area contributed by atoms with Crippen LogP contribution in [0.4, 0.5) is 11.4 Å². The van der Waals surface area contributed by atoms with Crippen LogP contribution in [0.5, 0.6) is 0 Å². The minimum absolute atomic E-state index is 0.217. The van der Waals surface area contributed by atoms with Crippen molar-refractivity contribution in [3.8, 4) is 16.9 Å². The number of pyridine rings is 1. The van der Waals surface area contributed by atoms with Crippen LogP contribution in [-0.2, 0) is 4.74 Å². The zero-order chi connectivity index (χ0) is 21.8. The maximum absolute atomic E-state index is 13.2. The SMILES string of the molecule is O=C(Nc1ccc(N2CCOCC2)cc1)c1cn(-c2ccccc2)nc1-c1cccnc1. The van der Waals surface area contributed by atoms with Gasteiger partial charge in [0.2, 0.25) is 0 Å². The minimum atomic E-state index is -0.217. The molecule has 1 saturated heterocycles. The van der Waals surface area contributed by atoms with Crippen molar-refractivity contribution in [2.45, 2.75) is 0 Å². The first kappa shape index (κ1) is 20.0. The number of morpholine rings is 1. The van der Waals surface area contributed by atoms with E-state index in [4.69, 9.17) is 4.74 Å². The number of nitrogens with one attached hydrogen (secondary N) is 1. The number of hydrogen-bond acceptors (Lipinski definition) is 5. The number of carbonyl (C=O) groups is 1.